The molecule has 0 amide bonds. The number of aromatic nitrogens is 1. The molecule has 2 aliphatic rings. The molecule has 7 nitrogen and oxygen atoms in total. The molecule has 0 saturated carbocycles. The van der Waals surface area contributed by atoms with E-state index in [1.54, 1.807) is 6.92 Å². The molecule has 0 radical (unpaired) electrons. The summed E-state index contributed by atoms with van der Waals surface area (Å²) >= 11 is 0. The van der Waals surface area contributed by atoms with E-state index in [0.29, 0.717) is 23.4 Å². The fourth-order valence-electron chi connectivity index (χ4n) is 6.14. The molecule has 0 aliphatic carbocycles. The maximum atomic E-state index is 14.0. The smallest absolute Gasteiger partial charge is 0.337 e. The van der Waals surface area contributed by atoms with Crippen molar-refractivity contribution in [2.75, 3.05) is 13.2 Å². The normalized spacial score (nSPS) is 21.2. The predicted molar refractivity (Wildman–Crippen MR) is 155 cm³/mol. The molecular formula is C33H38N2O5. The quantitative estimate of drug-likeness (QED) is 0.356. The fraction of sp³-hybridized carbons (Fsp3) is 0.424. The molecule has 1 N–H and O–H groups in total. The Bertz CT molecular complexity index is 1510. The predicted octanol–water partition coefficient (Wildman–Crippen LogP) is 6.57. The molecule has 0 saturated heterocycles. The molecule has 2 aromatic carbocycles. The average molecular weight is 543 g/mol. The number of aliphatic imine (C=N–C) groups is 1. The van der Waals surface area contributed by atoms with Crippen molar-refractivity contribution in [3.63, 3.8) is 0 Å². The Morgan fingerprint density at radius 1 is 1.12 bits per heavy atom. The van der Waals surface area contributed by atoms with Gasteiger partial charge in [-0.05, 0) is 82.9 Å². The Labute approximate surface area is 235 Å². The minimum atomic E-state index is -0.825. The van der Waals surface area contributed by atoms with Crippen LogP contribution in [-0.2, 0) is 23.8 Å². The van der Waals surface area contributed by atoms with Gasteiger partial charge in [-0.1, -0.05) is 29.8 Å². The molecule has 7 heteroatoms. The van der Waals surface area contributed by atoms with Crippen LogP contribution in [0.1, 0.15) is 74.0 Å². The zero-order chi connectivity index (χ0) is 28.8. The number of hydrogen-bond donors (Lipinski definition) is 1. The van der Waals surface area contributed by atoms with Gasteiger partial charge in [-0.3, -0.25) is 9.79 Å². The van der Waals surface area contributed by atoms with E-state index >= 15 is 0 Å². The van der Waals surface area contributed by atoms with Gasteiger partial charge in [0.15, 0.2) is 0 Å². The maximum Gasteiger partial charge on any atom is 0.337 e. The van der Waals surface area contributed by atoms with Crippen LogP contribution in [0.2, 0.25) is 0 Å². The number of benzene rings is 2. The number of hydrogen-bond acceptors (Lipinski definition) is 6. The summed E-state index contributed by atoms with van der Waals surface area (Å²) in [5, 5.41) is 0.937. The third kappa shape index (κ3) is 5.22. The summed E-state index contributed by atoms with van der Waals surface area (Å²) in [6, 6.07) is 12.1. The molecule has 0 spiro atoms. The highest BCUT2D eigenvalue weighted by atomic mass is 16.5. The Balaban J connectivity index is 1.70. The Kier molecular flexibility index (Phi) is 7.44. The van der Waals surface area contributed by atoms with Gasteiger partial charge in [-0.2, -0.15) is 0 Å². The molecule has 3 atom stereocenters. The highest BCUT2D eigenvalue weighted by molar-refractivity contribution is 6.09. The zero-order valence-corrected chi connectivity index (χ0v) is 24.4. The Hall–Kier alpha value is -3.71. The monoisotopic (exact) mass is 542 g/mol. The van der Waals surface area contributed by atoms with Gasteiger partial charge in [0.05, 0.1) is 35.8 Å². The molecule has 2 aliphatic heterocycles. The Morgan fingerprint density at radius 3 is 2.52 bits per heavy atom. The molecule has 5 rings (SSSR count). The summed E-state index contributed by atoms with van der Waals surface area (Å²) in [4.78, 5) is 35.9. The first-order valence-corrected chi connectivity index (χ1v) is 13.9. The highest BCUT2D eigenvalue weighted by Crippen LogP contribution is 2.48. The lowest BCUT2D eigenvalue weighted by Crippen LogP contribution is -2.42. The summed E-state index contributed by atoms with van der Waals surface area (Å²) in [5.41, 5.74) is 7.28. The SMILES string of the molecule is CCOC(=O)C1C(COC(C)(C)C)=NC2=C(C(=O)OC(c3c(C)cc(C)cc3C)C2)C1c1cccc2[nH]ccc12. The third-order valence-electron chi connectivity index (χ3n) is 7.66. The topological polar surface area (TPSA) is 90.0 Å². The number of esters is 2. The molecule has 3 aromatic rings. The van der Waals surface area contributed by atoms with E-state index in [0.717, 1.165) is 38.7 Å². The van der Waals surface area contributed by atoms with E-state index in [9.17, 15) is 9.59 Å². The van der Waals surface area contributed by atoms with Crippen LogP contribution in [0.25, 0.3) is 10.9 Å². The second-order valence-corrected chi connectivity index (χ2v) is 11.8. The van der Waals surface area contributed by atoms with Crippen molar-refractivity contribution in [2.24, 2.45) is 10.9 Å². The highest BCUT2D eigenvalue weighted by Gasteiger charge is 2.48. The van der Waals surface area contributed by atoms with Crippen molar-refractivity contribution in [1.29, 1.82) is 0 Å². The first kappa shape index (κ1) is 27.8. The summed E-state index contributed by atoms with van der Waals surface area (Å²) in [7, 11) is 0. The second-order valence-electron chi connectivity index (χ2n) is 11.8. The number of ether oxygens (including phenoxy) is 3. The molecule has 0 bridgehead atoms. The van der Waals surface area contributed by atoms with E-state index in [2.05, 4.69) is 24.0 Å². The van der Waals surface area contributed by atoms with Crippen LogP contribution in [0.3, 0.4) is 0 Å². The number of fused-ring (bicyclic) bond motifs is 1. The van der Waals surface area contributed by atoms with Crippen molar-refractivity contribution in [2.45, 2.75) is 72.5 Å². The van der Waals surface area contributed by atoms with Crippen LogP contribution in [0.5, 0.6) is 0 Å². The van der Waals surface area contributed by atoms with Gasteiger partial charge in [0.2, 0.25) is 0 Å². The maximum absolute atomic E-state index is 14.0. The number of nitrogens with one attached hydrogen (secondary N) is 1. The van der Waals surface area contributed by atoms with Crippen molar-refractivity contribution >= 4 is 28.6 Å². The van der Waals surface area contributed by atoms with E-state index in [-0.39, 0.29) is 13.2 Å². The van der Waals surface area contributed by atoms with Gasteiger partial charge in [0, 0.05) is 29.4 Å². The number of nitrogens with zero attached hydrogens (tertiary/aromatic N) is 1. The molecule has 1 aromatic heterocycles. The number of rotatable bonds is 6. The van der Waals surface area contributed by atoms with Gasteiger partial charge >= 0.3 is 11.9 Å². The van der Waals surface area contributed by atoms with Crippen LogP contribution in [0.15, 0.2) is 58.9 Å². The first-order valence-electron chi connectivity index (χ1n) is 13.9. The molecule has 3 unspecified atom stereocenters. The van der Waals surface area contributed by atoms with Crippen molar-refractivity contribution in [3.05, 3.63) is 81.7 Å². The zero-order valence-electron chi connectivity index (χ0n) is 24.4. The largest absolute Gasteiger partial charge is 0.465 e. The molecule has 40 heavy (non-hydrogen) atoms. The third-order valence-corrected chi connectivity index (χ3v) is 7.66. The standard InChI is InChI=1S/C33H38N2O5/c1-8-38-31(36)30-25(17-39-33(5,6)7)35-24-16-26(27-19(3)14-18(2)15-20(27)4)40-32(37)29(24)28(30)22-10-9-11-23-21(22)12-13-34-23/h9-15,26,28,30,34H,8,16-17H2,1-7H3. The number of H-pyrrole nitrogens is 1. The minimum absolute atomic E-state index is 0.145. The van der Waals surface area contributed by atoms with E-state index in [1.807, 2.05) is 65.1 Å². The van der Waals surface area contributed by atoms with Crippen LogP contribution in [-0.4, -0.2) is 41.4 Å². The van der Waals surface area contributed by atoms with E-state index in [4.69, 9.17) is 19.2 Å². The summed E-state index contributed by atoms with van der Waals surface area (Å²) in [6.45, 7) is 14.2. The number of carbonyl (C=O) groups excluding carboxylic acids is 2. The van der Waals surface area contributed by atoms with Gasteiger partial charge in [0.1, 0.15) is 12.0 Å². The number of aromatic amines is 1. The number of cyclic esters (lactones) is 1. The summed E-state index contributed by atoms with van der Waals surface area (Å²) in [5.74, 6) is -2.33. The average Bonchev–Trinajstić information content (AvgIpc) is 3.35. The number of aryl methyl sites for hydroxylation is 3. The molecule has 210 valence electrons. The Morgan fingerprint density at radius 2 is 1.85 bits per heavy atom. The van der Waals surface area contributed by atoms with Gasteiger partial charge in [-0.15, -0.1) is 0 Å². The van der Waals surface area contributed by atoms with Crippen LogP contribution < -0.4 is 0 Å². The fourth-order valence-corrected chi connectivity index (χ4v) is 6.14. The molecule has 3 heterocycles. The van der Waals surface area contributed by atoms with Crippen molar-refractivity contribution in [3.8, 4) is 0 Å². The van der Waals surface area contributed by atoms with Gasteiger partial charge in [-0.25, -0.2) is 4.79 Å². The number of carbonyl (C=O) groups is 2. The van der Waals surface area contributed by atoms with Crippen molar-refractivity contribution in [1.82, 2.24) is 4.98 Å². The molecular weight excluding hydrogens is 504 g/mol. The van der Waals surface area contributed by atoms with Crippen LogP contribution in [0.4, 0.5) is 0 Å². The second kappa shape index (κ2) is 10.7. The van der Waals surface area contributed by atoms with Gasteiger partial charge in [0.25, 0.3) is 0 Å². The van der Waals surface area contributed by atoms with E-state index in [1.165, 1.54) is 0 Å². The van der Waals surface area contributed by atoms with Gasteiger partial charge < -0.3 is 19.2 Å². The lowest BCUT2D eigenvalue weighted by molar-refractivity contribution is -0.148. The van der Waals surface area contributed by atoms with Crippen LogP contribution in [0, 0.1) is 26.7 Å². The minimum Gasteiger partial charge on any atom is -0.465 e. The van der Waals surface area contributed by atoms with Crippen molar-refractivity contribution < 1.29 is 23.8 Å². The lowest BCUT2D eigenvalue weighted by atomic mass is 9.73. The molecule has 0 fully saturated rings. The van der Waals surface area contributed by atoms with E-state index < -0.39 is 35.5 Å². The lowest BCUT2D eigenvalue weighted by Gasteiger charge is -2.38. The summed E-state index contributed by atoms with van der Waals surface area (Å²) < 4.78 is 17.9. The van der Waals surface area contributed by atoms with Crippen LogP contribution >= 0.6 is 0 Å². The first-order chi connectivity index (χ1) is 19.0. The summed E-state index contributed by atoms with van der Waals surface area (Å²) in [6.07, 6.45) is 1.81.